The Bertz CT molecular complexity index is 1260. The summed E-state index contributed by atoms with van der Waals surface area (Å²) < 4.78 is 0. The van der Waals surface area contributed by atoms with Crippen LogP contribution in [-0.2, 0) is 11.2 Å². The van der Waals surface area contributed by atoms with E-state index in [1.807, 2.05) is 49.4 Å². The molecule has 4 aromatic rings. The fraction of sp³-hybridized carbons (Fsp3) is 0.0833. The predicted molar refractivity (Wildman–Crippen MR) is 118 cm³/mol. The number of nitrogens with two attached hydrogens (primary N) is 1. The number of hydrogen-bond donors (Lipinski definition) is 2. The van der Waals surface area contributed by atoms with Crippen molar-refractivity contribution in [2.24, 2.45) is 0 Å². The Kier molecular flexibility index (Phi) is 5.22. The van der Waals surface area contributed by atoms with Crippen molar-refractivity contribution in [2.75, 3.05) is 11.1 Å². The van der Waals surface area contributed by atoms with Crippen molar-refractivity contribution in [3.05, 3.63) is 83.8 Å². The quantitative estimate of drug-likeness (QED) is 0.493. The third-order valence-electron chi connectivity index (χ3n) is 5.00. The molecule has 0 bridgehead atoms. The molecule has 0 spiro atoms. The van der Waals surface area contributed by atoms with E-state index in [0.717, 1.165) is 33.0 Å². The van der Waals surface area contributed by atoms with E-state index in [9.17, 15) is 9.59 Å². The van der Waals surface area contributed by atoms with Crippen LogP contribution in [0.2, 0.25) is 0 Å². The first-order chi connectivity index (χ1) is 14.5. The smallest absolute Gasteiger partial charge is 0.228 e. The molecule has 6 nitrogen and oxygen atoms in total. The summed E-state index contributed by atoms with van der Waals surface area (Å²) in [5.74, 6) is 0.0934. The van der Waals surface area contributed by atoms with Gasteiger partial charge in [-0.1, -0.05) is 30.3 Å². The van der Waals surface area contributed by atoms with Gasteiger partial charge in [0.25, 0.3) is 0 Å². The molecular formula is C24H20N4O2. The topological polar surface area (TPSA) is 98.0 Å². The van der Waals surface area contributed by atoms with E-state index in [2.05, 4.69) is 15.3 Å². The summed E-state index contributed by atoms with van der Waals surface area (Å²) in [5, 5.41) is 4.98. The lowest BCUT2D eigenvalue weighted by atomic mass is 10.00. The first-order valence-corrected chi connectivity index (χ1v) is 9.48. The van der Waals surface area contributed by atoms with E-state index in [-0.39, 0.29) is 18.1 Å². The normalized spacial score (nSPS) is 10.7. The monoisotopic (exact) mass is 396 g/mol. The lowest BCUT2D eigenvalue weighted by molar-refractivity contribution is -0.115. The molecule has 30 heavy (non-hydrogen) atoms. The molecule has 4 rings (SSSR count). The van der Waals surface area contributed by atoms with Crippen LogP contribution in [0, 0.1) is 6.92 Å². The van der Waals surface area contributed by atoms with Crippen LogP contribution < -0.4 is 11.1 Å². The van der Waals surface area contributed by atoms with Crippen molar-refractivity contribution in [2.45, 2.75) is 13.3 Å². The van der Waals surface area contributed by atoms with Gasteiger partial charge in [0.2, 0.25) is 5.91 Å². The van der Waals surface area contributed by atoms with Gasteiger partial charge in [0.1, 0.15) is 5.82 Å². The van der Waals surface area contributed by atoms with Gasteiger partial charge in [-0.05, 0) is 47.2 Å². The molecule has 148 valence electrons. The van der Waals surface area contributed by atoms with Gasteiger partial charge in [-0.15, -0.1) is 0 Å². The van der Waals surface area contributed by atoms with Gasteiger partial charge in [0.05, 0.1) is 12.0 Å². The second-order valence-corrected chi connectivity index (χ2v) is 7.09. The van der Waals surface area contributed by atoms with E-state index in [4.69, 9.17) is 5.73 Å². The third-order valence-corrected chi connectivity index (χ3v) is 5.00. The highest BCUT2D eigenvalue weighted by molar-refractivity contribution is 5.96. The maximum absolute atomic E-state index is 12.6. The molecule has 0 atom stereocenters. The summed E-state index contributed by atoms with van der Waals surface area (Å²) >= 11 is 0. The fourth-order valence-corrected chi connectivity index (χ4v) is 3.50. The number of hydrogen-bond acceptors (Lipinski definition) is 5. The van der Waals surface area contributed by atoms with Crippen molar-refractivity contribution < 1.29 is 9.59 Å². The van der Waals surface area contributed by atoms with Crippen LogP contribution in [0.15, 0.2) is 67.1 Å². The van der Waals surface area contributed by atoms with Crippen LogP contribution >= 0.6 is 0 Å². The molecular weight excluding hydrogens is 376 g/mol. The van der Waals surface area contributed by atoms with Crippen LogP contribution in [0.5, 0.6) is 0 Å². The van der Waals surface area contributed by atoms with Crippen LogP contribution in [-0.4, -0.2) is 22.2 Å². The largest absolute Gasteiger partial charge is 0.383 e. The Morgan fingerprint density at radius 1 is 1.10 bits per heavy atom. The minimum absolute atomic E-state index is 0.113. The van der Waals surface area contributed by atoms with Gasteiger partial charge in [-0.25, -0.2) is 4.98 Å². The predicted octanol–water partition coefficient (Wildman–Crippen LogP) is 4.18. The zero-order valence-electron chi connectivity index (χ0n) is 16.4. The number of benzene rings is 2. The summed E-state index contributed by atoms with van der Waals surface area (Å²) in [5.41, 5.74) is 10.3. The molecule has 0 aliphatic rings. The number of nitrogens with zero attached hydrogens (tertiary/aromatic N) is 2. The molecule has 2 heterocycles. The average Bonchev–Trinajstić information content (AvgIpc) is 2.75. The Morgan fingerprint density at radius 2 is 1.93 bits per heavy atom. The summed E-state index contributed by atoms with van der Waals surface area (Å²) in [6.07, 6.45) is 6.09. The van der Waals surface area contributed by atoms with E-state index in [0.29, 0.717) is 17.5 Å². The average molecular weight is 396 g/mol. The molecule has 0 saturated heterocycles. The van der Waals surface area contributed by atoms with Crippen LogP contribution in [0.25, 0.3) is 21.9 Å². The number of fused-ring (bicyclic) bond motifs is 1. The maximum atomic E-state index is 12.6. The zero-order valence-corrected chi connectivity index (χ0v) is 16.4. The molecule has 0 aliphatic carbocycles. The van der Waals surface area contributed by atoms with Crippen LogP contribution in [0.3, 0.4) is 0 Å². The van der Waals surface area contributed by atoms with Crippen LogP contribution in [0.4, 0.5) is 11.5 Å². The Hall–Kier alpha value is -4.06. The summed E-state index contributed by atoms with van der Waals surface area (Å²) in [6.45, 7) is 1.94. The first-order valence-electron chi connectivity index (χ1n) is 9.48. The molecule has 6 heteroatoms. The summed E-state index contributed by atoms with van der Waals surface area (Å²) in [7, 11) is 0. The standard InChI is InChI=1S/C24H20N4O2/c1-15-8-20(6-7-21(15)17-9-19(14-29)24(25)27-13-17)28-23(30)10-18-12-26-11-16-4-2-3-5-22(16)18/h2-9,11-14H,10H2,1H3,(H2,25,27)(H,28,30). The van der Waals surface area contributed by atoms with Gasteiger partial charge >= 0.3 is 0 Å². The third kappa shape index (κ3) is 3.89. The highest BCUT2D eigenvalue weighted by Crippen LogP contribution is 2.27. The van der Waals surface area contributed by atoms with Gasteiger partial charge < -0.3 is 11.1 Å². The number of amides is 1. The lowest BCUT2D eigenvalue weighted by Gasteiger charge is -2.11. The first kappa shape index (κ1) is 19.3. The van der Waals surface area contributed by atoms with E-state index in [1.165, 1.54) is 0 Å². The number of aromatic nitrogens is 2. The molecule has 0 radical (unpaired) electrons. The molecule has 0 unspecified atom stereocenters. The van der Waals surface area contributed by atoms with Gasteiger partial charge in [-0.3, -0.25) is 14.6 Å². The number of anilines is 2. The van der Waals surface area contributed by atoms with Crippen molar-refractivity contribution in [3.8, 4) is 11.1 Å². The van der Waals surface area contributed by atoms with Gasteiger partial charge in [-0.2, -0.15) is 0 Å². The number of carbonyl (C=O) groups excluding carboxylic acids is 2. The molecule has 2 aromatic carbocycles. The lowest BCUT2D eigenvalue weighted by Crippen LogP contribution is -2.15. The summed E-state index contributed by atoms with van der Waals surface area (Å²) in [6, 6.07) is 15.2. The molecule has 3 N–H and O–H groups in total. The Balaban J connectivity index is 1.53. The molecule has 2 aromatic heterocycles. The Morgan fingerprint density at radius 3 is 2.73 bits per heavy atom. The highest BCUT2D eigenvalue weighted by Gasteiger charge is 2.10. The maximum Gasteiger partial charge on any atom is 0.228 e. The SMILES string of the molecule is Cc1cc(NC(=O)Cc2cncc3ccccc23)ccc1-c1cnc(N)c(C=O)c1. The number of pyridine rings is 2. The van der Waals surface area contributed by atoms with Gasteiger partial charge in [0.15, 0.2) is 6.29 Å². The van der Waals surface area contributed by atoms with E-state index in [1.54, 1.807) is 24.7 Å². The number of nitrogen functional groups attached to an aromatic ring is 1. The number of aryl methyl sites for hydroxylation is 1. The zero-order chi connectivity index (χ0) is 21.1. The number of aldehydes is 1. The van der Waals surface area contributed by atoms with Crippen molar-refractivity contribution >= 4 is 34.5 Å². The fourth-order valence-electron chi connectivity index (χ4n) is 3.50. The van der Waals surface area contributed by atoms with Crippen molar-refractivity contribution in [1.29, 1.82) is 0 Å². The van der Waals surface area contributed by atoms with E-state index >= 15 is 0 Å². The number of carbonyl (C=O) groups is 2. The highest BCUT2D eigenvalue weighted by atomic mass is 16.1. The summed E-state index contributed by atoms with van der Waals surface area (Å²) in [4.78, 5) is 32.1. The second kappa shape index (κ2) is 8.13. The number of nitrogens with one attached hydrogen (secondary N) is 1. The minimum atomic E-state index is -0.113. The molecule has 0 fully saturated rings. The van der Waals surface area contributed by atoms with E-state index < -0.39 is 0 Å². The van der Waals surface area contributed by atoms with Crippen molar-refractivity contribution in [3.63, 3.8) is 0 Å². The molecule has 0 aliphatic heterocycles. The Labute approximate surface area is 173 Å². The van der Waals surface area contributed by atoms with Crippen LogP contribution in [0.1, 0.15) is 21.5 Å². The second-order valence-electron chi connectivity index (χ2n) is 7.09. The minimum Gasteiger partial charge on any atom is -0.383 e. The van der Waals surface area contributed by atoms with Gasteiger partial charge in [0, 0.05) is 35.2 Å². The van der Waals surface area contributed by atoms with Crippen molar-refractivity contribution in [1.82, 2.24) is 9.97 Å². The molecule has 0 saturated carbocycles. The molecule has 1 amide bonds. The number of rotatable bonds is 5.